The van der Waals surface area contributed by atoms with Crippen LogP contribution in [0.25, 0.3) is 0 Å². The molecular formula is C19H22FN7O3. The Balaban J connectivity index is 1.64. The zero-order valence-electron chi connectivity index (χ0n) is 16.2. The molecule has 10 nitrogen and oxygen atoms in total. The Morgan fingerprint density at radius 1 is 1.27 bits per heavy atom. The minimum absolute atomic E-state index is 0.00558. The average Bonchev–Trinajstić information content (AvgIpc) is 2.68. The summed E-state index contributed by atoms with van der Waals surface area (Å²) in [5.41, 5.74) is 12.9. The lowest BCUT2D eigenvalue weighted by Crippen LogP contribution is -2.65. The maximum atomic E-state index is 13.0. The number of nitrogens with one attached hydrogen (secondary N) is 2. The highest BCUT2D eigenvalue weighted by atomic mass is 19.1. The molecule has 0 bridgehead atoms. The van der Waals surface area contributed by atoms with Crippen molar-refractivity contribution in [3.63, 3.8) is 0 Å². The Morgan fingerprint density at radius 3 is 2.57 bits per heavy atom. The second-order valence-corrected chi connectivity index (χ2v) is 6.73. The van der Waals surface area contributed by atoms with E-state index in [0.29, 0.717) is 11.7 Å². The maximum Gasteiger partial charge on any atom is 0.269 e. The molecule has 1 aliphatic heterocycles. The number of ether oxygens (including phenoxy) is 1. The molecule has 3 rings (SSSR count). The number of nitrogens with two attached hydrogens (primary N) is 2. The molecular weight excluding hydrogens is 393 g/mol. The molecule has 0 radical (unpaired) electrons. The first-order chi connectivity index (χ1) is 14.2. The lowest BCUT2D eigenvalue weighted by molar-refractivity contribution is -0.384. The van der Waals surface area contributed by atoms with Crippen molar-refractivity contribution < 1.29 is 14.1 Å². The largest absolute Gasteiger partial charge is 0.493 e. The fourth-order valence-corrected chi connectivity index (χ4v) is 2.81. The molecule has 2 atom stereocenters. The molecule has 158 valence electrons. The molecule has 0 saturated heterocycles. The second kappa shape index (κ2) is 8.74. The summed E-state index contributed by atoms with van der Waals surface area (Å²) in [5, 5.41) is 16.6. The number of rotatable bonds is 7. The van der Waals surface area contributed by atoms with Crippen molar-refractivity contribution in [3.8, 4) is 5.75 Å². The standard InChI is InChI=1S/C19H22FN7O3/c1-12(13-2-6-15(7-3-13)27(28)29)23-18-24-17(21)25-19(22,26-18)10-11-30-16-8-4-14(20)5-9-16/h2-9,12H,10-11,22H2,1H3,(H4,21,23,24,25,26)/t12-,19?/m0/s1. The van der Waals surface area contributed by atoms with Gasteiger partial charge in [-0.3, -0.25) is 21.2 Å². The van der Waals surface area contributed by atoms with Gasteiger partial charge in [-0.25, -0.2) is 14.4 Å². The molecule has 1 heterocycles. The number of hydrogen-bond acceptors (Lipinski definition) is 7. The van der Waals surface area contributed by atoms with Gasteiger partial charge < -0.3 is 15.8 Å². The van der Waals surface area contributed by atoms with E-state index in [9.17, 15) is 14.5 Å². The predicted octanol–water partition coefficient (Wildman–Crippen LogP) is 1.74. The summed E-state index contributed by atoms with van der Waals surface area (Å²) >= 11 is 0. The monoisotopic (exact) mass is 415 g/mol. The van der Waals surface area contributed by atoms with Gasteiger partial charge in [-0.1, -0.05) is 12.1 Å². The summed E-state index contributed by atoms with van der Waals surface area (Å²) in [4.78, 5) is 19.0. The first kappa shape index (κ1) is 21.0. The van der Waals surface area contributed by atoms with Gasteiger partial charge in [0.25, 0.3) is 5.69 Å². The fourth-order valence-electron chi connectivity index (χ4n) is 2.81. The number of non-ortho nitro benzene ring substituents is 1. The van der Waals surface area contributed by atoms with Gasteiger partial charge in [-0.15, -0.1) is 0 Å². The molecule has 1 unspecified atom stereocenters. The van der Waals surface area contributed by atoms with Gasteiger partial charge in [0.15, 0.2) is 11.7 Å². The SMILES string of the molecule is C[C@H](N=C1NC(N)=NC(N)(CCOc2ccc(F)cc2)N1)c1ccc([N+](=O)[O-])cc1. The molecule has 0 saturated carbocycles. The number of halogens is 1. The molecule has 6 N–H and O–H groups in total. The highest BCUT2D eigenvalue weighted by Crippen LogP contribution is 2.21. The smallest absolute Gasteiger partial charge is 0.269 e. The second-order valence-electron chi connectivity index (χ2n) is 6.73. The van der Waals surface area contributed by atoms with Gasteiger partial charge in [0.1, 0.15) is 11.6 Å². The Bertz CT molecular complexity index is 963. The molecule has 2 aromatic rings. The van der Waals surface area contributed by atoms with Gasteiger partial charge in [0.05, 0.1) is 17.6 Å². The Kier molecular flexibility index (Phi) is 6.11. The number of nitro groups is 1. The van der Waals surface area contributed by atoms with E-state index in [1.807, 2.05) is 6.92 Å². The first-order valence-corrected chi connectivity index (χ1v) is 9.14. The van der Waals surface area contributed by atoms with Crippen LogP contribution in [-0.4, -0.2) is 29.2 Å². The molecule has 0 amide bonds. The lowest BCUT2D eigenvalue weighted by atomic mass is 10.1. The van der Waals surface area contributed by atoms with Crippen LogP contribution >= 0.6 is 0 Å². The third-order valence-corrected chi connectivity index (χ3v) is 4.38. The number of guanidine groups is 2. The van der Waals surface area contributed by atoms with E-state index < -0.39 is 10.7 Å². The lowest BCUT2D eigenvalue weighted by Gasteiger charge is -2.33. The van der Waals surface area contributed by atoms with Gasteiger partial charge in [-0.2, -0.15) is 0 Å². The quantitative estimate of drug-likeness (QED) is 0.397. The molecule has 11 heteroatoms. The minimum Gasteiger partial charge on any atom is -0.493 e. The normalized spacial score (nSPS) is 20.6. The van der Waals surface area contributed by atoms with E-state index in [1.54, 1.807) is 12.1 Å². The summed E-state index contributed by atoms with van der Waals surface area (Å²) in [6.45, 7) is 2.03. The summed E-state index contributed by atoms with van der Waals surface area (Å²) < 4.78 is 18.5. The summed E-state index contributed by atoms with van der Waals surface area (Å²) in [5.74, 6) is -0.682. The van der Waals surface area contributed by atoms with Crippen LogP contribution in [0, 0.1) is 15.9 Å². The highest BCUT2D eigenvalue weighted by Gasteiger charge is 2.30. The number of nitrogens with zero attached hydrogens (tertiary/aromatic N) is 3. The van der Waals surface area contributed by atoms with Crippen molar-refractivity contribution in [2.75, 3.05) is 6.61 Å². The van der Waals surface area contributed by atoms with Crippen LogP contribution in [0.15, 0.2) is 58.5 Å². The van der Waals surface area contributed by atoms with Crippen molar-refractivity contribution >= 4 is 17.6 Å². The van der Waals surface area contributed by atoms with E-state index in [0.717, 1.165) is 5.56 Å². The third kappa shape index (κ3) is 5.41. The Morgan fingerprint density at radius 2 is 1.93 bits per heavy atom. The number of hydrogen-bond donors (Lipinski definition) is 4. The predicted molar refractivity (Wildman–Crippen MR) is 110 cm³/mol. The van der Waals surface area contributed by atoms with E-state index >= 15 is 0 Å². The van der Waals surface area contributed by atoms with E-state index in [2.05, 4.69) is 20.6 Å². The zero-order valence-corrected chi connectivity index (χ0v) is 16.2. The fraction of sp³-hybridized carbons (Fsp3) is 0.263. The highest BCUT2D eigenvalue weighted by molar-refractivity contribution is 6.00. The molecule has 0 aliphatic carbocycles. The average molecular weight is 415 g/mol. The number of aliphatic imine (C=N–C) groups is 2. The van der Waals surface area contributed by atoms with Crippen LogP contribution in [0.1, 0.15) is 24.9 Å². The molecule has 0 fully saturated rings. The maximum absolute atomic E-state index is 13.0. The summed E-state index contributed by atoms with van der Waals surface area (Å²) in [6.07, 6.45) is 0.262. The van der Waals surface area contributed by atoms with Crippen LogP contribution < -0.4 is 26.8 Å². The van der Waals surface area contributed by atoms with E-state index in [4.69, 9.17) is 16.2 Å². The molecule has 30 heavy (non-hydrogen) atoms. The molecule has 2 aromatic carbocycles. The zero-order chi connectivity index (χ0) is 21.7. The van der Waals surface area contributed by atoms with Crippen molar-refractivity contribution in [1.29, 1.82) is 0 Å². The van der Waals surface area contributed by atoms with E-state index in [-0.39, 0.29) is 36.5 Å². The van der Waals surface area contributed by atoms with Crippen LogP contribution in [0.5, 0.6) is 5.75 Å². The van der Waals surface area contributed by atoms with Crippen LogP contribution in [-0.2, 0) is 0 Å². The van der Waals surface area contributed by atoms with Gasteiger partial charge in [0.2, 0.25) is 5.96 Å². The van der Waals surface area contributed by atoms with Crippen molar-refractivity contribution in [3.05, 3.63) is 70.0 Å². The van der Waals surface area contributed by atoms with Crippen molar-refractivity contribution in [1.82, 2.24) is 10.6 Å². The summed E-state index contributed by atoms with van der Waals surface area (Å²) in [6, 6.07) is 11.4. The molecule has 0 spiro atoms. The molecule has 0 aromatic heterocycles. The topological polar surface area (TPSA) is 153 Å². The van der Waals surface area contributed by atoms with Gasteiger partial charge in [0, 0.05) is 18.6 Å². The van der Waals surface area contributed by atoms with Crippen LogP contribution in [0.3, 0.4) is 0 Å². The number of benzene rings is 2. The third-order valence-electron chi connectivity index (χ3n) is 4.38. The first-order valence-electron chi connectivity index (χ1n) is 9.14. The minimum atomic E-state index is -1.25. The van der Waals surface area contributed by atoms with Crippen LogP contribution in [0.2, 0.25) is 0 Å². The van der Waals surface area contributed by atoms with Crippen molar-refractivity contribution in [2.45, 2.75) is 25.2 Å². The van der Waals surface area contributed by atoms with Gasteiger partial charge >= 0.3 is 0 Å². The van der Waals surface area contributed by atoms with E-state index in [1.165, 1.54) is 36.4 Å². The Labute approximate surface area is 172 Å². The van der Waals surface area contributed by atoms with Crippen LogP contribution in [0.4, 0.5) is 10.1 Å². The summed E-state index contributed by atoms with van der Waals surface area (Å²) in [7, 11) is 0. The Hall–Kier alpha value is -3.73. The van der Waals surface area contributed by atoms with Crippen molar-refractivity contribution in [2.24, 2.45) is 21.5 Å². The molecule has 1 aliphatic rings. The number of nitro benzene ring substituents is 1. The van der Waals surface area contributed by atoms with Gasteiger partial charge in [-0.05, 0) is 36.8 Å².